The highest BCUT2D eigenvalue weighted by Gasteiger charge is 2.23. The molecule has 1 fully saturated rings. The fourth-order valence-electron chi connectivity index (χ4n) is 2.73. The highest BCUT2D eigenvalue weighted by atomic mass is 79.9. The number of nitrogens with zero attached hydrogens (tertiary/aromatic N) is 2. The van der Waals surface area contributed by atoms with Crippen LogP contribution in [-0.2, 0) is 6.54 Å². The predicted molar refractivity (Wildman–Crippen MR) is 85.8 cm³/mol. The van der Waals surface area contributed by atoms with Crippen molar-refractivity contribution >= 4 is 21.6 Å². The van der Waals surface area contributed by atoms with Gasteiger partial charge in [-0.15, -0.1) is 0 Å². The zero-order valence-corrected chi connectivity index (χ0v) is 13.7. The van der Waals surface area contributed by atoms with Crippen LogP contribution in [0.5, 0.6) is 0 Å². The Balaban J connectivity index is 2.13. The number of anilines is 1. The van der Waals surface area contributed by atoms with Crippen molar-refractivity contribution in [2.75, 3.05) is 38.6 Å². The van der Waals surface area contributed by atoms with Gasteiger partial charge in [-0.3, -0.25) is 4.90 Å². The topological polar surface area (TPSA) is 18.5 Å². The van der Waals surface area contributed by atoms with E-state index >= 15 is 0 Å². The van der Waals surface area contributed by atoms with Crippen molar-refractivity contribution in [1.29, 1.82) is 0 Å². The molecule has 1 aromatic carbocycles. The number of hydrogen-bond acceptors (Lipinski definition) is 3. The fraction of sp³-hybridized carbons (Fsp3) is 0.600. The lowest BCUT2D eigenvalue weighted by molar-refractivity contribution is 0.213. The van der Waals surface area contributed by atoms with Crippen LogP contribution in [-0.4, -0.2) is 44.7 Å². The van der Waals surface area contributed by atoms with E-state index in [0.29, 0.717) is 6.04 Å². The van der Waals surface area contributed by atoms with Crippen molar-refractivity contribution in [3.05, 3.63) is 28.2 Å². The normalized spacial score (nSPS) is 20.8. The third-order valence-corrected chi connectivity index (χ3v) is 4.62. The van der Waals surface area contributed by atoms with Gasteiger partial charge in [-0.1, -0.05) is 13.0 Å². The van der Waals surface area contributed by atoms with E-state index in [1.54, 1.807) is 0 Å². The minimum atomic E-state index is 0.664. The van der Waals surface area contributed by atoms with Gasteiger partial charge in [0.15, 0.2) is 0 Å². The van der Waals surface area contributed by atoms with Gasteiger partial charge in [0, 0.05) is 36.7 Å². The molecule has 1 aliphatic heterocycles. The third kappa shape index (κ3) is 3.50. The Morgan fingerprint density at radius 3 is 2.79 bits per heavy atom. The van der Waals surface area contributed by atoms with E-state index in [-0.39, 0.29) is 0 Å². The SMILES string of the molecule is CCC1CN(c2ccc(CNC)cc2Br)CCN1C. The second kappa shape index (κ2) is 6.73. The molecule has 0 spiro atoms. The van der Waals surface area contributed by atoms with Crippen LogP contribution in [0.15, 0.2) is 22.7 Å². The van der Waals surface area contributed by atoms with Gasteiger partial charge in [0.05, 0.1) is 5.69 Å². The first kappa shape index (κ1) is 14.8. The van der Waals surface area contributed by atoms with Crippen LogP contribution in [0.25, 0.3) is 0 Å². The number of piperazine rings is 1. The summed E-state index contributed by atoms with van der Waals surface area (Å²) < 4.78 is 1.21. The van der Waals surface area contributed by atoms with E-state index in [0.717, 1.165) is 26.2 Å². The molecule has 2 rings (SSSR count). The Hall–Kier alpha value is -0.580. The van der Waals surface area contributed by atoms with Gasteiger partial charge in [-0.05, 0) is 54.1 Å². The van der Waals surface area contributed by atoms with Crippen LogP contribution >= 0.6 is 15.9 Å². The van der Waals surface area contributed by atoms with Gasteiger partial charge in [-0.25, -0.2) is 0 Å². The first-order chi connectivity index (χ1) is 9.15. The molecule has 1 atom stereocenters. The summed E-state index contributed by atoms with van der Waals surface area (Å²) in [7, 11) is 4.21. The van der Waals surface area contributed by atoms with E-state index < -0.39 is 0 Å². The van der Waals surface area contributed by atoms with Crippen molar-refractivity contribution in [2.45, 2.75) is 25.9 Å². The second-order valence-electron chi connectivity index (χ2n) is 5.30. The molecule has 106 valence electrons. The summed E-state index contributed by atoms with van der Waals surface area (Å²) in [5.74, 6) is 0. The molecule has 0 amide bonds. The van der Waals surface area contributed by atoms with Crippen molar-refractivity contribution in [3.8, 4) is 0 Å². The largest absolute Gasteiger partial charge is 0.368 e. The van der Waals surface area contributed by atoms with Crippen LogP contribution in [0.3, 0.4) is 0 Å². The molecule has 1 saturated heterocycles. The molecular formula is C15H24BrN3. The number of benzene rings is 1. The maximum atomic E-state index is 3.73. The monoisotopic (exact) mass is 325 g/mol. The van der Waals surface area contributed by atoms with E-state index in [9.17, 15) is 0 Å². The molecule has 1 aliphatic rings. The zero-order chi connectivity index (χ0) is 13.8. The molecule has 0 radical (unpaired) electrons. The predicted octanol–water partition coefficient (Wildman–Crippen LogP) is 2.70. The summed E-state index contributed by atoms with van der Waals surface area (Å²) >= 11 is 3.73. The minimum Gasteiger partial charge on any atom is -0.368 e. The standard InChI is InChI=1S/C15H24BrN3/c1-4-13-11-19(8-7-18(13)3)15-6-5-12(10-17-2)9-14(15)16/h5-6,9,13,17H,4,7-8,10-11H2,1-3H3. The molecule has 0 aliphatic carbocycles. The summed E-state index contributed by atoms with van der Waals surface area (Å²) in [4.78, 5) is 4.97. The average Bonchev–Trinajstić information content (AvgIpc) is 2.40. The first-order valence-corrected chi connectivity index (χ1v) is 7.83. The van der Waals surface area contributed by atoms with Crippen LogP contribution in [0.2, 0.25) is 0 Å². The van der Waals surface area contributed by atoms with E-state index in [2.05, 4.69) is 63.2 Å². The Bertz CT molecular complexity index is 422. The van der Waals surface area contributed by atoms with Gasteiger partial charge < -0.3 is 10.2 Å². The molecule has 1 aromatic rings. The summed E-state index contributed by atoms with van der Waals surface area (Å²) in [6, 6.07) is 7.35. The van der Waals surface area contributed by atoms with Crippen molar-refractivity contribution in [3.63, 3.8) is 0 Å². The molecule has 4 heteroatoms. The molecule has 0 bridgehead atoms. The number of hydrogen-bond donors (Lipinski definition) is 1. The Morgan fingerprint density at radius 2 is 2.16 bits per heavy atom. The third-order valence-electron chi connectivity index (χ3n) is 3.98. The Morgan fingerprint density at radius 1 is 1.37 bits per heavy atom. The van der Waals surface area contributed by atoms with Crippen LogP contribution in [0, 0.1) is 0 Å². The van der Waals surface area contributed by atoms with E-state index in [1.165, 1.54) is 22.1 Å². The minimum absolute atomic E-state index is 0.664. The molecule has 1 N–H and O–H groups in total. The Kier molecular flexibility index (Phi) is 5.25. The molecular weight excluding hydrogens is 302 g/mol. The van der Waals surface area contributed by atoms with Gasteiger partial charge in [0.2, 0.25) is 0 Å². The quantitative estimate of drug-likeness (QED) is 0.918. The number of likely N-dealkylation sites (N-methyl/N-ethyl adjacent to an activating group) is 1. The summed E-state index contributed by atoms with van der Waals surface area (Å²) in [6.07, 6.45) is 1.21. The fourth-order valence-corrected chi connectivity index (χ4v) is 3.40. The smallest absolute Gasteiger partial charge is 0.0511 e. The lowest BCUT2D eigenvalue weighted by atomic mass is 10.1. The van der Waals surface area contributed by atoms with Crippen molar-refractivity contribution in [1.82, 2.24) is 10.2 Å². The maximum absolute atomic E-state index is 3.73. The molecule has 0 aromatic heterocycles. The molecule has 0 saturated carbocycles. The Labute approximate surface area is 125 Å². The van der Waals surface area contributed by atoms with Gasteiger partial charge >= 0.3 is 0 Å². The van der Waals surface area contributed by atoms with Gasteiger partial charge in [0.1, 0.15) is 0 Å². The van der Waals surface area contributed by atoms with Gasteiger partial charge in [0.25, 0.3) is 0 Å². The van der Waals surface area contributed by atoms with Gasteiger partial charge in [-0.2, -0.15) is 0 Å². The van der Waals surface area contributed by atoms with Crippen molar-refractivity contribution in [2.24, 2.45) is 0 Å². The van der Waals surface area contributed by atoms with Crippen LogP contribution < -0.4 is 10.2 Å². The number of halogens is 1. The van der Waals surface area contributed by atoms with E-state index in [1.807, 2.05) is 7.05 Å². The highest BCUT2D eigenvalue weighted by Crippen LogP contribution is 2.29. The van der Waals surface area contributed by atoms with Crippen LogP contribution in [0.4, 0.5) is 5.69 Å². The number of nitrogens with one attached hydrogen (secondary N) is 1. The first-order valence-electron chi connectivity index (χ1n) is 7.04. The number of rotatable bonds is 4. The molecule has 1 heterocycles. The summed E-state index contributed by atoms with van der Waals surface area (Å²) in [6.45, 7) is 6.56. The average molecular weight is 326 g/mol. The molecule has 1 unspecified atom stereocenters. The summed E-state index contributed by atoms with van der Waals surface area (Å²) in [5.41, 5.74) is 2.64. The molecule has 3 nitrogen and oxygen atoms in total. The zero-order valence-electron chi connectivity index (χ0n) is 12.1. The lowest BCUT2D eigenvalue weighted by Gasteiger charge is -2.40. The maximum Gasteiger partial charge on any atom is 0.0511 e. The lowest BCUT2D eigenvalue weighted by Crippen LogP contribution is -2.51. The van der Waals surface area contributed by atoms with Crippen molar-refractivity contribution < 1.29 is 0 Å². The second-order valence-corrected chi connectivity index (χ2v) is 6.16. The van der Waals surface area contributed by atoms with E-state index in [4.69, 9.17) is 0 Å². The van der Waals surface area contributed by atoms with Crippen LogP contribution in [0.1, 0.15) is 18.9 Å². The molecule has 19 heavy (non-hydrogen) atoms. The highest BCUT2D eigenvalue weighted by molar-refractivity contribution is 9.10. The summed E-state index contributed by atoms with van der Waals surface area (Å²) in [5, 5.41) is 3.19.